The van der Waals surface area contributed by atoms with Crippen LogP contribution in [-0.4, -0.2) is 15.9 Å². The number of nitrogens with one attached hydrogen (secondary N) is 1. The number of carbonyl (C=O) groups is 1. The van der Waals surface area contributed by atoms with Gasteiger partial charge in [0.15, 0.2) is 16.8 Å². The number of anilines is 1. The third kappa shape index (κ3) is 2.50. The van der Waals surface area contributed by atoms with Crippen LogP contribution in [0.2, 0.25) is 10.4 Å². The maximum absolute atomic E-state index is 11.6. The molecule has 0 aliphatic carbocycles. The molecule has 2 aromatic rings. The molecule has 0 radical (unpaired) electrons. The summed E-state index contributed by atoms with van der Waals surface area (Å²) in [6.07, 6.45) is 2.73. The number of carbonyl (C=O) groups excluding carboxylic acids is 1. The normalized spacial score (nSPS) is 10.1. The van der Waals surface area contributed by atoms with E-state index in [1.165, 1.54) is 24.5 Å². The number of rotatable bonds is 2. The highest BCUT2D eigenvalue weighted by molar-refractivity contribution is 6.29. The van der Waals surface area contributed by atoms with Gasteiger partial charge in [0.2, 0.25) is 0 Å². The van der Waals surface area contributed by atoms with Crippen LogP contribution >= 0.6 is 23.2 Å². The van der Waals surface area contributed by atoms with Crippen molar-refractivity contribution in [3.63, 3.8) is 0 Å². The van der Waals surface area contributed by atoms with Gasteiger partial charge in [-0.25, -0.2) is 4.98 Å². The van der Waals surface area contributed by atoms with Gasteiger partial charge in [-0.05, 0) is 23.7 Å². The molecule has 0 spiro atoms. The Hall–Kier alpha value is -1.59. The second-order valence-electron chi connectivity index (χ2n) is 2.78. The van der Waals surface area contributed by atoms with Crippen LogP contribution in [-0.2, 0) is 0 Å². The molecule has 0 aliphatic rings. The number of halogens is 2. The van der Waals surface area contributed by atoms with Crippen LogP contribution in [0.25, 0.3) is 0 Å². The molecular formula is C9H5Cl2N3O2. The number of aromatic nitrogens is 2. The van der Waals surface area contributed by atoms with E-state index >= 15 is 0 Å². The van der Waals surface area contributed by atoms with Crippen LogP contribution in [0.4, 0.5) is 5.82 Å². The predicted octanol–water partition coefficient (Wildman–Crippen LogP) is 2.63. The Morgan fingerprint density at radius 1 is 1.31 bits per heavy atom. The third-order valence-corrected chi connectivity index (χ3v) is 2.03. The molecule has 1 amide bonds. The minimum absolute atomic E-state index is 0.0896. The van der Waals surface area contributed by atoms with Gasteiger partial charge in [0.25, 0.3) is 5.91 Å². The minimum Gasteiger partial charge on any atom is -0.440 e. The van der Waals surface area contributed by atoms with Gasteiger partial charge < -0.3 is 9.73 Å². The molecule has 0 aliphatic heterocycles. The molecular weight excluding hydrogens is 253 g/mol. The van der Waals surface area contributed by atoms with Crippen LogP contribution in [0.1, 0.15) is 10.6 Å². The van der Waals surface area contributed by atoms with E-state index in [2.05, 4.69) is 15.3 Å². The summed E-state index contributed by atoms with van der Waals surface area (Å²) in [5.41, 5.74) is 0. The summed E-state index contributed by atoms with van der Waals surface area (Å²) in [6.45, 7) is 0. The van der Waals surface area contributed by atoms with Crippen molar-refractivity contribution >= 4 is 34.9 Å². The quantitative estimate of drug-likeness (QED) is 0.898. The number of amides is 1. The maximum Gasteiger partial charge on any atom is 0.292 e. The molecule has 2 heterocycles. The fraction of sp³-hybridized carbons (Fsp3) is 0. The highest BCUT2D eigenvalue weighted by Crippen LogP contribution is 2.14. The minimum atomic E-state index is -0.469. The van der Waals surface area contributed by atoms with E-state index in [4.69, 9.17) is 27.6 Å². The number of nitrogens with zero attached hydrogens (tertiary/aromatic N) is 2. The maximum atomic E-state index is 11.6. The van der Waals surface area contributed by atoms with Crippen molar-refractivity contribution in [1.29, 1.82) is 0 Å². The van der Waals surface area contributed by atoms with E-state index < -0.39 is 5.91 Å². The van der Waals surface area contributed by atoms with Gasteiger partial charge in [-0.1, -0.05) is 11.6 Å². The molecule has 2 aromatic heterocycles. The Labute approximate surface area is 100 Å². The van der Waals surface area contributed by atoms with E-state index in [1.807, 2.05) is 0 Å². The van der Waals surface area contributed by atoms with Crippen LogP contribution in [0.15, 0.2) is 28.9 Å². The Bertz CT molecular complexity index is 527. The lowest BCUT2D eigenvalue weighted by Crippen LogP contribution is -2.12. The molecule has 2 rings (SSSR count). The highest BCUT2D eigenvalue weighted by atomic mass is 35.5. The van der Waals surface area contributed by atoms with Crippen molar-refractivity contribution in [2.75, 3.05) is 5.32 Å². The first kappa shape index (κ1) is 10.9. The average molecular weight is 258 g/mol. The summed E-state index contributed by atoms with van der Waals surface area (Å²) >= 11 is 11.1. The summed E-state index contributed by atoms with van der Waals surface area (Å²) in [4.78, 5) is 19.2. The predicted molar refractivity (Wildman–Crippen MR) is 58.7 cm³/mol. The van der Waals surface area contributed by atoms with Crippen LogP contribution in [0.3, 0.4) is 0 Å². The molecule has 0 saturated carbocycles. The zero-order valence-electron chi connectivity index (χ0n) is 7.78. The standard InChI is InChI=1S/C9H5Cl2N3O2/c10-6-3-12-4-8(13-6)14-9(15)5-1-2-7(11)16-5/h1-4H,(H,13,14,15). The van der Waals surface area contributed by atoms with Crippen molar-refractivity contribution in [2.24, 2.45) is 0 Å². The lowest BCUT2D eigenvalue weighted by molar-refractivity contribution is 0.0996. The first-order valence-corrected chi connectivity index (χ1v) is 4.95. The van der Waals surface area contributed by atoms with Crippen molar-refractivity contribution in [2.45, 2.75) is 0 Å². The van der Waals surface area contributed by atoms with Gasteiger partial charge in [-0.3, -0.25) is 9.78 Å². The molecule has 0 unspecified atom stereocenters. The summed E-state index contributed by atoms with van der Waals surface area (Å²) < 4.78 is 4.92. The topological polar surface area (TPSA) is 68.0 Å². The largest absolute Gasteiger partial charge is 0.440 e. The number of hydrogen-bond acceptors (Lipinski definition) is 4. The molecule has 16 heavy (non-hydrogen) atoms. The second-order valence-corrected chi connectivity index (χ2v) is 3.54. The lowest BCUT2D eigenvalue weighted by atomic mass is 10.4. The Morgan fingerprint density at radius 3 is 2.75 bits per heavy atom. The summed E-state index contributed by atoms with van der Waals surface area (Å²) in [5, 5.41) is 2.79. The number of hydrogen-bond donors (Lipinski definition) is 1. The molecule has 1 N–H and O–H groups in total. The fourth-order valence-corrected chi connectivity index (χ4v) is 1.31. The first-order chi connectivity index (χ1) is 7.65. The van der Waals surface area contributed by atoms with Crippen molar-refractivity contribution in [3.05, 3.63) is 40.7 Å². The molecule has 0 bridgehead atoms. The van der Waals surface area contributed by atoms with E-state index in [9.17, 15) is 4.79 Å². The van der Waals surface area contributed by atoms with Gasteiger partial charge in [-0.2, -0.15) is 0 Å². The molecule has 5 nitrogen and oxygen atoms in total. The number of furan rings is 1. The summed E-state index contributed by atoms with van der Waals surface area (Å²) in [5.74, 6) is -0.139. The average Bonchev–Trinajstić information content (AvgIpc) is 2.65. The van der Waals surface area contributed by atoms with Crippen molar-refractivity contribution in [3.8, 4) is 0 Å². The van der Waals surface area contributed by atoms with Crippen LogP contribution < -0.4 is 5.32 Å². The summed E-state index contributed by atoms with van der Waals surface area (Å²) in [6, 6.07) is 2.93. The smallest absolute Gasteiger partial charge is 0.292 e. The van der Waals surface area contributed by atoms with Gasteiger partial charge in [0, 0.05) is 0 Å². The van der Waals surface area contributed by atoms with Gasteiger partial charge >= 0.3 is 0 Å². The zero-order valence-corrected chi connectivity index (χ0v) is 9.29. The Kier molecular flexibility index (Phi) is 3.07. The van der Waals surface area contributed by atoms with Gasteiger partial charge in [-0.15, -0.1) is 0 Å². The molecule has 7 heteroatoms. The van der Waals surface area contributed by atoms with Crippen LogP contribution in [0, 0.1) is 0 Å². The van der Waals surface area contributed by atoms with Gasteiger partial charge in [0.1, 0.15) is 5.15 Å². The van der Waals surface area contributed by atoms with E-state index in [0.29, 0.717) is 0 Å². The molecule has 82 valence electrons. The summed E-state index contributed by atoms with van der Waals surface area (Å²) in [7, 11) is 0. The van der Waals surface area contributed by atoms with Crippen molar-refractivity contribution in [1.82, 2.24) is 9.97 Å². The molecule has 0 atom stereocenters. The van der Waals surface area contributed by atoms with Gasteiger partial charge in [0.05, 0.1) is 12.4 Å². The van der Waals surface area contributed by atoms with E-state index in [1.54, 1.807) is 0 Å². The van der Waals surface area contributed by atoms with Crippen molar-refractivity contribution < 1.29 is 9.21 Å². The fourth-order valence-electron chi connectivity index (χ4n) is 1.02. The zero-order chi connectivity index (χ0) is 11.5. The Balaban J connectivity index is 2.13. The monoisotopic (exact) mass is 257 g/mol. The third-order valence-electron chi connectivity index (χ3n) is 1.64. The molecule has 0 fully saturated rings. The Morgan fingerprint density at radius 2 is 2.12 bits per heavy atom. The second kappa shape index (κ2) is 4.51. The van der Waals surface area contributed by atoms with Crippen LogP contribution in [0.5, 0.6) is 0 Å². The first-order valence-electron chi connectivity index (χ1n) is 4.19. The highest BCUT2D eigenvalue weighted by Gasteiger charge is 2.11. The lowest BCUT2D eigenvalue weighted by Gasteiger charge is -2.00. The van der Waals surface area contributed by atoms with E-state index in [-0.39, 0.29) is 22.0 Å². The van der Waals surface area contributed by atoms with E-state index in [0.717, 1.165) is 0 Å². The molecule has 0 saturated heterocycles. The molecule has 0 aromatic carbocycles. The SMILES string of the molecule is O=C(Nc1cncc(Cl)n1)c1ccc(Cl)o1.